The van der Waals surface area contributed by atoms with Gasteiger partial charge in [0.15, 0.2) is 16.1 Å². The van der Waals surface area contributed by atoms with Crippen molar-refractivity contribution >= 4 is 120 Å². The summed E-state index contributed by atoms with van der Waals surface area (Å²) in [5.74, 6) is 1.04. The monoisotopic (exact) mass is 1470 g/mol. The quantitative estimate of drug-likeness (QED) is 0.0752. The van der Waals surface area contributed by atoms with E-state index in [-0.39, 0.29) is 27.2 Å². The number of benzene rings is 17. The molecule has 0 saturated carbocycles. The van der Waals surface area contributed by atoms with Gasteiger partial charge in [0.2, 0.25) is 0 Å². The third-order valence-electron chi connectivity index (χ3n) is 23.1. The normalized spacial score (nSPS) is 13.5. The van der Waals surface area contributed by atoms with E-state index in [1.807, 2.05) is 24.3 Å². The zero-order chi connectivity index (χ0) is 81.9. The van der Waals surface area contributed by atoms with Gasteiger partial charge in [-0.1, -0.05) is 397 Å². The predicted octanol–water partition coefficient (Wildman–Crippen LogP) is 19.6. The fourth-order valence-electron chi connectivity index (χ4n) is 17.9. The smallest absolute Gasteiger partial charge is 0.256 e. The lowest BCUT2D eigenvalue weighted by molar-refractivity contribution is 0.487. The van der Waals surface area contributed by atoms with Gasteiger partial charge in [0.25, 0.3) is 6.71 Å². The Morgan fingerprint density at radius 2 is 0.696 bits per heavy atom. The van der Waals surface area contributed by atoms with E-state index in [1.54, 1.807) is 4.57 Å². The van der Waals surface area contributed by atoms with E-state index in [9.17, 15) is 8.22 Å². The third-order valence-corrected chi connectivity index (χ3v) is 32.6. The molecule has 17 aromatic carbocycles. The minimum Gasteiger partial charge on any atom is -0.458 e. The Morgan fingerprint density at radius 1 is 0.295 bits per heavy atom. The lowest BCUT2D eigenvalue weighted by Crippen LogP contribution is -2.78. The Bertz CT molecular complexity index is 6740. The number of nitrogens with zero attached hydrogens (tertiary/aromatic N) is 2. The summed E-state index contributed by atoms with van der Waals surface area (Å²) in [6.45, 7) is 6.16. The van der Waals surface area contributed by atoms with E-state index in [4.69, 9.17) is 7.48 Å². The van der Waals surface area contributed by atoms with Gasteiger partial charge in [0.1, 0.15) is 11.5 Å². The van der Waals surface area contributed by atoms with Gasteiger partial charge in [0.05, 0.1) is 33.4 Å². The molecule has 18 aromatic rings. The SMILES string of the molecule is [2H]c1c([2H])c([2H])c2c(c1[2H])c1c([2H])c([2H])c([2H])c([2H])c1n2-c1cc2c3c(c1)N(c1ccc(C(C)(C)C)cc1-c1ccccc1)c1ccc(-c4ccccc4)cc1B3c1ccc(-c3cc([Si](c4ccccc4)(c4ccccc4)c4cccc(-c5ccccc5)c4)cc([Si](c4ccccc4)(c4ccccc4)c4cccc(-c5ccccc5)c4)c3)cc1O2. The van der Waals surface area contributed by atoms with Gasteiger partial charge in [-0.25, -0.2) is 0 Å². The van der Waals surface area contributed by atoms with Crippen molar-refractivity contribution in [1.29, 1.82) is 0 Å². The van der Waals surface area contributed by atoms with E-state index in [0.29, 0.717) is 22.9 Å². The molecule has 0 radical (unpaired) electrons. The Balaban J connectivity index is 0.912. The first-order chi connectivity index (χ1) is 58.5. The van der Waals surface area contributed by atoms with Crippen LogP contribution in [-0.4, -0.2) is 27.4 Å². The number of para-hydroxylation sites is 2. The number of ether oxygens (including phenoxy) is 1. The topological polar surface area (TPSA) is 17.4 Å². The summed E-state index contributed by atoms with van der Waals surface area (Å²) in [4.78, 5) is 2.31. The first-order valence-corrected chi connectivity index (χ1v) is 42.4. The molecule has 20 rings (SSSR count). The molecule has 0 spiro atoms. The highest BCUT2D eigenvalue weighted by Gasteiger charge is 2.48. The largest absolute Gasteiger partial charge is 0.458 e. The summed E-state index contributed by atoms with van der Waals surface area (Å²) in [6.07, 6.45) is 0. The second kappa shape index (κ2) is 27.9. The highest BCUT2D eigenvalue weighted by Crippen LogP contribution is 2.48. The van der Waals surface area contributed by atoms with Crippen LogP contribution in [0.3, 0.4) is 0 Å². The van der Waals surface area contributed by atoms with Crippen molar-refractivity contribution < 1.29 is 15.7 Å². The molecule has 2 aliphatic rings. The zero-order valence-electron chi connectivity index (χ0n) is 70.2. The minimum absolute atomic E-state index is 0.00509. The van der Waals surface area contributed by atoms with Gasteiger partial charge in [-0.05, 0) is 161 Å². The van der Waals surface area contributed by atoms with Crippen LogP contribution in [0.4, 0.5) is 17.1 Å². The first kappa shape index (κ1) is 59.6. The van der Waals surface area contributed by atoms with Gasteiger partial charge in [0, 0.05) is 33.8 Å². The second-order valence-corrected chi connectivity index (χ2v) is 38.0. The van der Waals surface area contributed by atoms with Crippen LogP contribution in [0.5, 0.6) is 11.5 Å². The molecule has 1 aromatic heterocycles. The van der Waals surface area contributed by atoms with Gasteiger partial charge in [-0.3, -0.25) is 0 Å². The Hall–Kier alpha value is -13.4. The molecule has 0 saturated heterocycles. The molecule has 2 aliphatic heterocycles. The van der Waals surface area contributed by atoms with Crippen molar-refractivity contribution in [3.8, 4) is 72.8 Å². The number of fused-ring (bicyclic) bond motifs is 7. The number of hydrogen-bond donors (Lipinski definition) is 0. The molecule has 0 atom stereocenters. The zero-order valence-corrected chi connectivity index (χ0v) is 64.2. The van der Waals surface area contributed by atoms with Crippen LogP contribution in [-0.2, 0) is 5.41 Å². The molecule has 0 fully saturated rings. The average Bonchev–Trinajstić information content (AvgIpc) is 1.53. The minimum atomic E-state index is -3.55. The van der Waals surface area contributed by atoms with Crippen LogP contribution in [0, 0.1) is 0 Å². The Kier molecular flexibility index (Phi) is 14.9. The van der Waals surface area contributed by atoms with Crippen LogP contribution in [0.2, 0.25) is 0 Å². The highest BCUT2D eigenvalue weighted by atomic mass is 28.3. The summed E-state index contributed by atoms with van der Waals surface area (Å²) in [6, 6.07) is 134. The lowest BCUT2D eigenvalue weighted by atomic mass is 9.34. The maximum Gasteiger partial charge on any atom is 0.256 e. The second-order valence-electron chi connectivity index (χ2n) is 30.4. The third kappa shape index (κ3) is 11.5. The van der Waals surface area contributed by atoms with Crippen molar-refractivity contribution in [2.45, 2.75) is 26.2 Å². The molecule has 0 unspecified atom stereocenters. The Labute approximate surface area is 669 Å². The van der Waals surface area contributed by atoms with Crippen molar-refractivity contribution in [3.63, 3.8) is 0 Å². The van der Waals surface area contributed by atoms with Crippen LogP contribution in [0.1, 0.15) is 37.3 Å². The number of hydrogen-bond acceptors (Lipinski definition) is 2. The van der Waals surface area contributed by atoms with Gasteiger partial charge < -0.3 is 14.2 Å². The molecule has 6 heteroatoms. The van der Waals surface area contributed by atoms with Crippen molar-refractivity contribution in [2.24, 2.45) is 0 Å². The molecule has 0 aliphatic carbocycles. The standard InChI is InChI=1S/C106H79BN2OSi2/c1-106(2,3)83-60-63-100(95(70-83)77-40-18-7-19-41-77)109-101-62-59-80(76-38-16-6-17-39-76)68-97(101)107-96-61-58-81(69-103(96)110-104-72-84(71-102(109)105(104)107)108-98-56-30-28-54-93(98)94-55-29-31-57-99(94)108)82-66-91(111(85-44-20-8-21-45-85,86-46-22-9-23-47-86)89-52-32-42-78(64-89)74-34-12-4-13-35-74)73-92(67-82)112(87-48-24-10-25-49-87,88-50-26-11-27-51-88)90-53-33-43-79(65-90)75-36-14-5-15-37-75/h4-73H,1-3H3/i28D,29D,30D,31D,54D,55D,56D,57D. The van der Waals surface area contributed by atoms with Crippen LogP contribution in [0.15, 0.2) is 424 Å². The predicted molar refractivity (Wildman–Crippen MR) is 480 cm³/mol. The van der Waals surface area contributed by atoms with Crippen molar-refractivity contribution in [2.75, 3.05) is 4.90 Å². The maximum atomic E-state index is 9.91. The van der Waals surface area contributed by atoms with Crippen LogP contribution < -0.4 is 67.5 Å². The van der Waals surface area contributed by atoms with Gasteiger partial charge >= 0.3 is 0 Å². The molecular weight excluding hydrogens is 1380 g/mol. The number of aromatic nitrogens is 1. The lowest BCUT2D eigenvalue weighted by Gasteiger charge is -2.41. The molecule has 0 amide bonds. The highest BCUT2D eigenvalue weighted by molar-refractivity contribution is 7.22. The van der Waals surface area contributed by atoms with Crippen LogP contribution in [0.25, 0.3) is 83.1 Å². The van der Waals surface area contributed by atoms with E-state index in [2.05, 4.69) is 378 Å². The maximum absolute atomic E-state index is 9.91. The van der Waals surface area contributed by atoms with Gasteiger partial charge in [-0.2, -0.15) is 0 Å². The average molecular weight is 1470 g/mol. The number of anilines is 3. The molecule has 0 bridgehead atoms. The number of rotatable bonds is 15. The molecular formula is C106H79BN2OSi2. The summed E-state index contributed by atoms with van der Waals surface area (Å²) in [5, 5.41) is 9.63. The molecule has 3 nitrogen and oxygen atoms in total. The molecule has 0 N–H and O–H groups in total. The van der Waals surface area contributed by atoms with E-state index < -0.39 is 71.2 Å². The summed E-state index contributed by atoms with van der Waals surface area (Å²) in [5.41, 5.74) is 16.8. The van der Waals surface area contributed by atoms with Crippen LogP contribution >= 0.6 is 0 Å². The molecule has 112 heavy (non-hydrogen) atoms. The first-order valence-electron chi connectivity index (χ1n) is 42.4. The van der Waals surface area contributed by atoms with Gasteiger partial charge in [-0.15, -0.1) is 0 Å². The van der Waals surface area contributed by atoms with E-state index >= 15 is 0 Å². The Morgan fingerprint density at radius 3 is 1.18 bits per heavy atom. The van der Waals surface area contributed by atoms with E-state index in [1.165, 1.54) is 41.5 Å². The summed E-state index contributed by atoms with van der Waals surface area (Å²) < 4.78 is 85.6. The van der Waals surface area contributed by atoms with E-state index in [0.717, 1.165) is 89.0 Å². The fraction of sp³-hybridized carbons (Fsp3) is 0.0377. The van der Waals surface area contributed by atoms with Crippen molar-refractivity contribution in [3.05, 3.63) is 430 Å². The summed E-state index contributed by atoms with van der Waals surface area (Å²) in [7, 11) is -7.11. The molecule has 3 heterocycles. The van der Waals surface area contributed by atoms with Crippen molar-refractivity contribution in [1.82, 2.24) is 4.57 Å². The molecule has 530 valence electrons. The summed E-state index contributed by atoms with van der Waals surface area (Å²) >= 11 is 0. The fourth-order valence-corrected chi connectivity index (χ4v) is 27.8.